The van der Waals surface area contributed by atoms with Crippen molar-refractivity contribution in [1.82, 2.24) is 14.5 Å². The van der Waals surface area contributed by atoms with E-state index in [2.05, 4.69) is 5.32 Å². The van der Waals surface area contributed by atoms with E-state index in [1.165, 1.54) is 19.2 Å². The lowest BCUT2D eigenvalue weighted by atomic mass is 10.1. The minimum Gasteiger partial charge on any atom is -0.352 e. The van der Waals surface area contributed by atoms with Crippen molar-refractivity contribution in [3.8, 4) is 0 Å². The van der Waals surface area contributed by atoms with E-state index >= 15 is 0 Å². The highest BCUT2D eigenvalue weighted by atomic mass is 35.5. The smallest absolute Gasteiger partial charge is 0.252 e. The van der Waals surface area contributed by atoms with Gasteiger partial charge in [0.15, 0.2) is 0 Å². The van der Waals surface area contributed by atoms with E-state index in [0.717, 1.165) is 34.9 Å². The predicted molar refractivity (Wildman–Crippen MR) is 102 cm³/mol. The molecule has 7 nitrogen and oxygen atoms in total. The third-order valence-corrected chi connectivity index (χ3v) is 7.69. The first kappa shape index (κ1) is 21.1. The van der Waals surface area contributed by atoms with Crippen LogP contribution >= 0.6 is 22.9 Å². The summed E-state index contributed by atoms with van der Waals surface area (Å²) in [6, 6.07) is 2.87. The molecule has 0 saturated carbocycles. The average molecular weight is 422 g/mol. The van der Waals surface area contributed by atoms with Gasteiger partial charge in [0.05, 0.1) is 10.9 Å². The quantitative estimate of drug-likeness (QED) is 0.728. The van der Waals surface area contributed by atoms with Gasteiger partial charge in [0.1, 0.15) is 4.21 Å². The molecule has 1 aromatic heterocycles. The molecule has 1 N–H and O–H groups in total. The molecule has 1 aliphatic heterocycles. The first-order chi connectivity index (χ1) is 12.2. The van der Waals surface area contributed by atoms with Gasteiger partial charge in [-0.05, 0) is 31.4 Å². The maximum Gasteiger partial charge on any atom is 0.252 e. The Morgan fingerprint density at radius 3 is 2.77 bits per heavy atom. The Balaban J connectivity index is 1.95. The molecular weight excluding hydrogens is 398 g/mol. The molecule has 0 radical (unpaired) electrons. The number of carbonyl (C=O) groups excluding carboxylic acids is 2. The van der Waals surface area contributed by atoms with Gasteiger partial charge in [-0.2, -0.15) is 4.31 Å². The number of hydrogen-bond donors (Lipinski definition) is 1. The first-order valence-corrected chi connectivity index (χ1v) is 11.2. The van der Waals surface area contributed by atoms with Crippen LogP contribution in [0.3, 0.4) is 0 Å². The molecule has 1 aliphatic rings. The van der Waals surface area contributed by atoms with Gasteiger partial charge in [0, 0.05) is 32.6 Å². The van der Waals surface area contributed by atoms with Gasteiger partial charge in [-0.15, -0.1) is 11.3 Å². The summed E-state index contributed by atoms with van der Waals surface area (Å²) >= 11 is 6.77. The van der Waals surface area contributed by atoms with Crippen molar-refractivity contribution in [2.45, 2.75) is 42.9 Å². The lowest BCUT2D eigenvalue weighted by molar-refractivity contribution is -0.133. The van der Waals surface area contributed by atoms with Crippen LogP contribution < -0.4 is 5.32 Å². The molecule has 0 aromatic carbocycles. The summed E-state index contributed by atoms with van der Waals surface area (Å²) < 4.78 is 26.5. The molecule has 2 heterocycles. The van der Waals surface area contributed by atoms with Crippen LogP contribution in [0, 0.1) is 0 Å². The number of thiophene rings is 1. The normalized spacial score (nSPS) is 18.2. The second-order valence-electron chi connectivity index (χ2n) is 6.32. The molecule has 10 heteroatoms. The number of hydrogen-bond acceptors (Lipinski definition) is 5. The lowest BCUT2D eigenvalue weighted by Crippen LogP contribution is -2.51. The fraction of sp³-hybridized carbons (Fsp3) is 0.625. The molecule has 1 saturated heterocycles. The van der Waals surface area contributed by atoms with Gasteiger partial charge in [-0.1, -0.05) is 18.5 Å². The van der Waals surface area contributed by atoms with Gasteiger partial charge in [-0.3, -0.25) is 9.59 Å². The van der Waals surface area contributed by atoms with Crippen molar-refractivity contribution in [2.75, 3.05) is 26.7 Å². The van der Waals surface area contributed by atoms with Crippen LogP contribution in [0.15, 0.2) is 16.3 Å². The van der Waals surface area contributed by atoms with E-state index in [4.69, 9.17) is 11.6 Å². The lowest BCUT2D eigenvalue weighted by Gasteiger charge is -2.34. The van der Waals surface area contributed by atoms with E-state index in [1.54, 1.807) is 4.90 Å². The van der Waals surface area contributed by atoms with Crippen molar-refractivity contribution >= 4 is 44.8 Å². The predicted octanol–water partition coefficient (Wildman–Crippen LogP) is 1.93. The molecule has 0 spiro atoms. The van der Waals surface area contributed by atoms with Gasteiger partial charge >= 0.3 is 0 Å². The monoisotopic (exact) mass is 421 g/mol. The number of nitrogens with zero attached hydrogens (tertiary/aromatic N) is 2. The Morgan fingerprint density at radius 2 is 2.15 bits per heavy atom. The maximum atomic E-state index is 12.5. The zero-order valence-corrected chi connectivity index (χ0v) is 17.3. The highest BCUT2D eigenvalue weighted by Crippen LogP contribution is 2.27. The van der Waals surface area contributed by atoms with E-state index in [9.17, 15) is 18.0 Å². The number of piperidine rings is 1. The minimum atomic E-state index is -3.74. The van der Waals surface area contributed by atoms with Crippen molar-refractivity contribution in [3.63, 3.8) is 0 Å². The van der Waals surface area contributed by atoms with Crippen molar-refractivity contribution in [1.29, 1.82) is 0 Å². The van der Waals surface area contributed by atoms with Crippen LogP contribution in [0.4, 0.5) is 0 Å². The second kappa shape index (κ2) is 9.16. The first-order valence-electron chi connectivity index (χ1n) is 8.53. The Morgan fingerprint density at radius 1 is 1.42 bits per heavy atom. The number of amides is 2. The summed E-state index contributed by atoms with van der Waals surface area (Å²) in [5, 5.41) is 2.94. The molecule has 1 unspecified atom stereocenters. The SMILES string of the molecule is CCCC(=O)NC1CCCN(C(=O)CN(C)S(=O)(=O)c2ccc(Cl)s2)C1. The molecular formula is C16H24ClN3O4S2. The Kier molecular flexibility index (Phi) is 7.45. The highest BCUT2D eigenvalue weighted by molar-refractivity contribution is 7.91. The number of likely N-dealkylation sites (N-methyl/N-ethyl adjacent to an activating group) is 1. The molecule has 1 atom stereocenters. The van der Waals surface area contributed by atoms with Crippen LogP contribution in [-0.4, -0.2) is 62.2 Å². The summed E-state index contributed by atoms with van der Waals surface area (Å²) in [5.74, 6) is -0.283. The molecule has 2 rings (SSSR count). The van der Waals surface area contributed by atoms with E-state index in [0.29, 0.717) is 23.8 Å². The number of likely N-dealkylation sites (tertiary alicyclic amines) is 1. The minimum absolute atomic E-state index is 0.0129. The molecule has 1 fully saturated rings. The topological polar surface area (TPSA) is 86.8 Å². The third kappa shape index (κ3) is 5.42. The standard InChI is InChI=1S/C16H24ClN3O4S2/c1-3-5-14(21)18-12-6-4-9-20(10-12)15(22)11-19(2)26(23,24)16-8-7-13(17)25-16/h7-8,12H,3-6,9-11H2,1-2H3,(H,18,21). The largest absolute Gasteiger partial charge is 0.352 e. The third-order valence-electron chi connectivity index (χ3n) is 4.19. The van der Waals surface area contributed by atoms with Crippen LogP contribution in [0.25, 0.3) is 0 Å². The number of halogens is 1. The molecule has 146 valence electrons. The number of nitrogens with one attached hydrogen (secondary N) is 1. The van der Waals surface area contributed by atoms with Crippen LogP contribution in [0.1, 0.15) is 32.6 Å². The van der Waals surface area contributed by atoms with E-state index < -0.39 is 10.0 Å². The summed E-state index contributed by atoms with van der Waals surface area (Å²) in [6.45, 7) is 2.67. The molecule has 2 amide bonds. The maximum absolute atomic E-state index is 12.5. The molecule has 26 heavy (non-hydrogen) atoms. The van der Waals surface area contributed by atoms with Crippen molar-refractivity contribution in [3.05, 3.63) is 16.5 Å². The second-order valence-corrected chi connectivity index (χ2v) is 10.3. The number of rotatable bonds is 7. The van der Waals surface area contributed by atoms with Crippen LogP contribution in [0.2, 0.25) is 4.34 Å². The highest BCUT2D eigenvalue weighted by Gasteiger charge is 2.29. The summed E-state index contributed by atoms with van der Waals surface area (Å²) in [4.78, 5) is 25.9. The van der Waals surface area contributed by atoms with E-state index in [1.807, 2.05) is 6.92 Å². The van der Waals surface area contributed by atoms with Crippen molar-refractivity contribution < 1.29 is 18.0 Å². The summed E-state index contributed by atoms with van der Waals surface area (Å²) in [6.07, 6.45) is 2.84. The zero-order valence-electron chi connectivity index (χ0n) is 14.9. The fourth-order valence-electron chi connectivity index (χ4n) is 2.81. The summed E-state index contributed by atoms with van der Waals surface area (Å²) in [5.41, 5.74) is 0. The number of sulfonamides is 1. The van der Waals surface area contributed by atoms with Gasteiger partial charge in [-0.25, -0.2) is 8.42 Å². The van der Waals surface area contributed by atoms with Crippen molar-refractivity contribution in [2.24, 2.45) is 0 Å². The summed E-state index contributed by atoms with van der Waals surface area (Å²) in [7, 11) is -2.36. The van der Waals surface area contributed by atoms with Gasteiger partial charge in [0.25, 0.3) is 10.0 Å². The fourth-order valence-corrected chi connectivity index (χ4v) is 5.63. The van der Waals surface area contributed by atoms with Gasteiger partial charge < -0.3 is 10.2 Å². The Hall–Kier alpha value is -1.16. The Bertz CT molecular complexity index is 750. The zero-order chi connectivity index (χ0) is 19.3. The average Bonchev–Trinajstić information content (AvgIpc) is 3.02. The molecule has 1 aromatic rings. The number of carbonyl (C=O) groups is 2. The molecule has 0 aliphatic carbocycles. The van der Waals surface area contributed by atoms with Gasteiger partial charge in [0.2, 0.25) is 11.8 Å². The van der Waals surface area contributed by atoms with E-state index in [-0.39, 0.29) is 28.6 Å². The molecule has 0 bridgehead atoms. The van der Waals surface area contributed by atoms with Crippen LogP contribution in [-0.2, 0) is 19.6 Å². The van der Waals surface area contributed by atoms with Crippen LogP contribution in [0.5, 0.6) is 0 Å². The Labute approximate surface area is 163 Å².